The Bertz CT molecular complexity index is 863. The summed E-state index contributed by atoms with van der Waals surface area (Å²) < 4.78 is 7.00. The van der Waals surface area contributed by atoms with Gasteiger partial charge in [0, 0.05) is 32.7 Å². The lowest BCUT2D eigenvalue weighted by molar-refractivity contribution is -0.133. The Hall–Kier alpha value is -1.84. The first kappa shape index (κ1) is 16.6. The summed E-state index contributed by atoms with van der Waals surface area (Å²) in [6.45, 7) is 4.93. The lowest BCUT2D eigenvalue weighted by Crippen LogP contribution is -2.43. The van der Waals surface area contributed by atoms with Crippen molar-refractivity contribution >= 4 is 22.2 Å². The van der Waals surface area contributed by atoms with Gasteiger partial charge in [0.2, 0.25) is 10.9 Å². The minimum Gasteiger partial charge on any atom is -0.378 e. The molecule has 4 heterocycles. The highest BCUT2D eigenvalue weighted by molar-refractivity contribution is 7.16. The lowest BCUT2D eigenvalue weighted by Gasteiger charge is -2.28. The summed E-state index contributed by atoms with van der Waals surface area (Å²) in [6.07, 6.45) is 0.784. The molecule has 0 aliphatic carbocycles. The molecule has 0 N–H and O–H groups in total. The van der Waals surface area contributed by atoms with Crippen LogP contribution in [0.3, 0.4) is 0 Å². The first-order chi connectivity index (χ1) is 12.0. The van der Waals surface area contributed by atoms with Gasteiger partial charge in [-0.2, -0.15) is 9.61 Å². The Morgan fingerprint density at radius 2 is 2.16 bits per heavy atom. The normalized spacial score (nSPS) is 24.7. The number of carbonyl (C=O) groups excluding carboxylic acids is 1. The van der Waals surface area contributed by atoms with Gasteiger partial charge in [0.05, 0.1) is 30.9 Å². The summed E-state index contributed by atoms with van der Waals surface area (Å²) in [5.74, 6) is -0.0130. The van der Waals surface area contributed by atoms with Crippen LogP contribution in [0.5, 0.6) is 0 Å². The van der Waals surface area contributed by atoms with Crippen LogP contribution in [-0.4, -0.2) is 69.7 Å². The second kappa shape index (κ2) is 6.47. The molecule has 2 aromatic heterocycles. The monoisotopic (exact) mass is 363 g/mol. The zero-order valence-corrected chi connectivity index (χ0v) is 15.2. The molecule has 2 atom stereocenters. The van der Waals surface area contributed by atoms with Crippen LogP contribution >= 0.6 is 11.3 Å². The third-order valence-corrected chi connectivity index (χ3v) is 5.90. The molecule has 2 fully saturated rings. The van der Waals surface area contributed by atoms with E-state index in [9.17, 15) is 9.59 Å². The van der Waals surface area contributed by atoms with Crippen molar-refractivity contribution in [1.29, 1.82) is 0 Å². The van der Waals surface area contributed by atoms with Crippen LogP contribution in [-0.2, 0) is 22.5 Å². The number of rotatable bonds is 3. The van der Waals surface area contributed by atoms with Gasteiger partial charge in [0.1, 0.15) is 5.01 Å². The third-order valence-electron chi connectivity index (χ3n) is 4.85. The Kier molecular flexibility index (Phi) is 4.30. The third kappa shape index (κ3) is 3.07. The maximum atomic E-state index is 12.4. The predicted molar refractivity (Wildman–Crippen MR) is 92.7 cm³/mol. The van der Waals surface area contributed by atoms with Crippen LogP contribution in [0, 0.1) is 5.92 Å². The molecule has 0 radical (unpaired) electrons. The molecule has 0 spiro atoms. The van der Waals surface area contributed by atoms with Crippen LogP contribution in [0.25, 0.3) is 4.96 Å². The van der Waals surface area contributed by atoms with Crippen molar-refractivity contribution in [3.8, 4) is 0 Å². The molecule has 2 bridgehead atoms. The number of ether oxygens (including phenoxy) is 1. The molecule has 0 unspecified atom stereocenters. The zero-order valence-electron chi connectivity index (χ0n) is 14.3. The van der Waals surface area contributed by atoms with Gasteiger partial charge in [-0.15, -0.1) is 0 Å². The molecule has 9 heteroatoms. The van der Waals surface area contributed by atoms with Crippen LogP contribution in [0.4, 0.5) is 0 Å². The van der Waals surface area contributed by atoms with Gasteiger partial charge in [-0.3, -0.25) is 14.5 Å². The summed E-state index contributed by atoms with van der Waals surface area (Å²) in [6, 6.07) is 1.59. The number of likely N-dealkylation sites (N-methyl/N-ethyl adjacent to an activating group) is 1. The van der Waals surface area contributed by atoms with E-state index in [2.05, 4.69) is 15.0 Å². The number of aromatic nitrogens is 3. The molecule has 2 aromatic rings. The Morgan fingerprint density at radius 1 is 1.32 bits per heavy atom. The maximum Gasteiger partial charge on any atom is 0.275 e. The summed E-state index contributed by atoms with van der Waals surface area (Å²) in [5, 5.41) is 5.18. The first-order valence-electron chi connectivity index (χ1n) is 8.50. The summed E-state index contributed by atoms with van der Waals surface area (Å²) >= 11 is 1.45. The average Bonchev–Trinajstić information content (AvgIpc) is 2.90. The van der Waals surface area contributed by atoms with Crippen molar-refractivity contribution in [1.82, 2.24) is 24.4 Å². The van der Waals surface area contributed by atoms with Gasteiger partial charge in [-0.25, -0.2) is 4.98 Å². The Balaban J connectivity index is 1.60. The number of fused-ring (bicyclic) bond motifs is 4. The van der Waals surface area contributed by atoms with E-state index in [0.29, 0.717) is 31.3 Å². The summed E-state index contributed by atoms with van der Waals surface area (Å²) in [5.41, 5.74) is 0.579. The van der Waals surface area contributed by atoms with Gasteiger partial charge >= 0.3 is 0 Å². The number of amides is 1. The van der Waals surface area contributed by atoms with Crippen molar-refractivity contribution in [2.75, 3.05) is 33.4 Å². The molecule has 1 amide bonds. The van der Waals surface area contributed by atoms with Crippen molar-refractivity contribution < 1.29 is 9.53 Å². The van der Waals surface area contributed by atoms with Gasteiger partial charge in [-0.05, 0) is 6.42 Å². The standard InChI is InChI=1S/C16H21N5O3S/c1-3-13-18-21-14(22)4-11(17-16(21)25-13)6-20-5-10-8-24-9-12(7-20)19(2)15(10)23/h4,10,12H,3,5-9H2,1-2H3/t10-,12+/m1/s1. The van der Waals surface area contributed by atoms with E-state index in [1.807, 2.05) is 14.0 Å². The smallest absolute Gasteiger partial charge is 0.275 e. The molecule has 25 heavy (non-hydrogen) atoms. The first-order valence-corrected chi connectivity index (χ1v) is 9.32. The van der Waals surface area contributed by atoms with Crippen LogP contribution < -0.4 is 5.56 Å². The molecular formula is C16H21N5O3S. The molecule has 2 aliphatic heterocycles. The van der Waals surface area contributed by atoms with E-state index in [1.165, 1.54) is 15.9 Å². The number of nitrogens with zero attached hydrogens (tertiary/aromatic N) is 5. The molecule has 4 rings (SSSR count). The Labute approximate surface area is 149 Å². The van der Waals surface area contributed by atoms with E-state index in [-0.39, 0.29) is 23.4 Å². The topological polar surface area (TPSA) is 80.0 Å². The molecule has 2 saturated heterocycles. The summed E-state index contributed by atoms with van der Waals surface area (Å²) in [4.78, 5) is 34.0. The fourth-order valence-electron chi connectivity index (χ4n) is 3.47. The van der Waals surface area contributed by atoms with E-state index >= 15 is 0 Å². The molecule has 8 nitrogen and oxygen atoms in total. The number of aryl methyl sites for hydroxylation is 1. The molecule has 134 valence electrons. The van der Waals surface area contributed by atoms with Gasteiger partial charge in [0.25, 0.3) is 5.56 Å². The van der Waals surface area contributed by atoms with Gasteiger partial charge in [-0.1, -0.05) is 18.3 Å². The van der Waals surface area contributed by atoms with Crippen molar-refractivity contribution in [3.05, 3.63) is 27.1 Å². The number of hydrogen-bond donors (Lipinski definition) is 0. The second-order valence-corrected chi connectivity index (χ2v) is 7.70. The second-order valence-electron chi connectivity index (χ2n) is 6.66. The Morgan fingerprint density at radius 3 is 2.96 bits per heavy atom. The van der Waals surface area contributed by atoms with Crippen LogP contribution in [0.15, 0.2) is 10.9 Å². The number of hydrogen-bond acceptors (Lipinski definition) is 7. The maximum absolute atomic E-state index is 12.4. The average molecular weight is 363 g/mol. The predicted octanol–water partition coefficient (Wildman–Crippen LogP) is 0.00240. The summed E-state index contributed by atoms with van der Waals surface area (Å²) in [7, 11) is 1.85. The zero-order chi connectivity index (χ0) is 17.6. The van der Waals surface area contributed by atoms with Crippen molar-refractivity contribution in [2.45, 2.75) is 25.9 Å². The number of carbonyl (C=O) groups is 1. The highest BCUT2D eigenvalue weighted by Gasteiger charge is 2.37. The fraction of sp³-hybridized carbons (Fsp3) is 0.625. The van der Waals surface area contributed by atoms with Crippen molar-refractivity contribution in [3.63, 3.8) is 0 Å². The molecule has 2 aliphatic rings. The fourth-order valence-corrected chi connectivity index (χ4v) is 4.32. The molecule has 0 aromatic carbocycles. The van der Waals surface area contributed by atoms with Gasteiger partial charge in [0.15, 0.2) is 0 Å². The minimum absolute atomic E-state index is 0.0416. The quantitative estimate of drug-likeness (QED) is 0.764. The van der Waals surface area contributed by atoms with Gasteiger partial charge < -0.3 is 9.64 Å². The highest BCUT2D eigenvalue weighted by Crippen LogP contribution is 2.21. The van der Waals surface area contributed by atoms with Crippen LogP contribution in [0.2, 0.25) is 0 Å². The van der Waals surface area contributed by atoms with E-state index in [0.717, 1.165) is 23.7 Å². The molecule has 0 saturated carbocycles. The SMILES string of the molecule is CCc1nn2c(=O)cc(CN3C[C@@H]4COC[C@H](C3)N(C)C4=O)nc2s1. The van der Waals surface area contributed by atoms with E-state index < -0.39 is 0 Å². The molecular weight excluding hydrogens is 342 g/mol. The van der Waals surface area contributed by atoms with Crippen LogP contribution in [0.1, 0.15) is 17.6 Å². The highest BCUT2D eigenvalue weighted by atomic mass is 32.1. The van der Waals surface area contributed by atoms with E-state index in [1.54, 1.807) is 11.0 Å². The minimum atomic E-state index is -0.155. The van der Waals surface area contributed by atoms with Crippen molar-refractivity contribution in [2.24, 2.45) is 5.92 Å². The van der Waals surface area contributed by atoms with E-state index in [4.69, 9.17) is 4.74 Å². The lowest BCUT2D eigenvalue weighted by atomic mass is 10.1. The largest absolute Gasteiger partial charge is 0.378 e.